The van der Waals surface area contributed by atoms with Crippen LogP contribution >= 0.6 is 0 Å². The zero-order valence-corrected chi connectivity index (χ0v) is 28.4. The van der Waals surface area contributed by atoms with Gasteiger partial charge in [0.1, 0.15) is 0 Å². The van der Waals surface area contributed by atoms with Crippen molar-refractivity contribution < 1.29 is 0 Å². The molecule has 0 N–H and O–H groups in total. The second-order valence-electron chi connectivity index (χ2n) is 13.1. The normalized spacial score (nSPS) is 11.8. The monoisotopic (exact) mass is 679 g/mol. The van der Waals surface area contributed by atoms with Gasteiger partial charge >= 0.3 is 0 Å². The van der Waals surface area contributed by atoms with Crippen molar-refractivity contribution in [3.8, 4) is 45.5 Å². The average molecular weight is 680 g/mol. The Bertz CT molecular complexity index is 3100. The predicted octanol–water partition coefficient (Wildman–Crippen LogP) is 10.7. The first kappa shape index (κ1) is 29.4. The molecule has 7 nitrogen and oxygen atoms in total. The van der Waals surface area contributed by atoms with Crippen LogP contribution in [0.3, 0.4) is 0 Å². The van der Waals surface area contributed by atoms with E-state index in [-0.39, 0.29) is 0 Å². The highest BCUT2D eigenvalue weighted by atomic mass is 15.3. The van der Waals surface area contributed by atoms with Crippen LogP contribution in [0.15, 0.2) is 176 Å². The maximum Gasteiger partial charge on any atom is 0.241 e. The minimum atomic E-state index is 0.504. The number of nitrogens with zero attached hydrogens (tertiary/aromatic N) is 7. The van der Waals surface area contributed by atoms with Crippen LogP contribution in [0.1, 0.15) is 0 Å². The highest BCUT2D eigenvalue weighted by molar-refractivity contribution is 6.18. The van der Waals surface area contributed by atoms with E-state index in [4.69, 9.17) is 19.9 Å². The quantitative estimate of drug-likeness (QED) is 0.182. The zero-order chi connectivity index (χ0) is 34.9. The van der Waals surface area contributed by atoms with Gasteiger partial charge in [-0.1, -0.05) is 133 Å². The number of rotatable bonds is 5. The van der Waals surface area contributed by atoms with Gasteiger partial charge in [0.05, 0.1) is 33.1 Å². The van der Waals surface area contributed by atoms with Crippen LogP contribution in [0.25, 0.3) is 95.2 Å². The standard InChI is InChI=1S/C46H29N7/c1-4-16-30(17-5-1)43-48-44(31-18-6-2-7-19-31)50-45(49-43)53-40-29-15-24-34(42(40)52-38-27-13-11-25-36(38)47-46(52)53)33-23-14-28-39-41(33)35-22-10-12-26-37(35)51(39)32-20-8-3-9-21-32/h1-29H. The van der Waals surface area contributed by atoms with E-state index in [1.165, 1.54) is 10.8 Å². The summed E-state index contributed by atoms with van der Waals surface area (Å²) in [6.45, 7) is 0. The molecule has 0 saturated heterocycles. The molecule has 11 rings (SSSR count). The molecule has 53 heavy (non-hydrogen) atoms. The minimum absolute atomic E-state index is 0.504. The van der Waals surface area contributed by atoms with E-state index in [1.54, 1.807) is 0 Å². The highest BCUT2D eigenvalue weighted by Crippen LogP contribution is 2.42. The lowest BCUT2D eigenvalue weighted by atomic mass is 9.98. The third kappa shape index (κ3) is 4.47. The Morgan fingerprint density at radius 3 is 1.66 bits per heavy atom. The molecule has 0 bridgehead atoms. The average Bonchev–Trinajstić information content (AvgIpc) is 3.88. The second-order valence-corrected chi connectivity index (χ2v) is 13.1. The van der Waals surface area contributed by atoms with Crippen LogP contribution in [0.2, 0.25) is 0 Å². The van der Waals surface area contributed by atoms with E-state index >= 15 is 0 Å². The van der Waals surface area contributed by atoms with Crippen molar-refractivity contribution in [2.45, 2.75) is 0 Å². The number of hydrogen-bond donors (Lipinski definition) is 0. The van der Waals surface area contributed by atoms with Crippen molar-refractivity contribution in [2.75, 3.05) is 0 Å². The van der Waals surface area contributed by atoms with Crippen molar-refractivity contribution in [3.05, 3.63) is 176 Å². The maximum absolute atomic E-state index is 5.25. The lowest BCUT2D eigenvalue weighted by molar-refractivity contribution is 0.937. The molecular formula is C46H29N7. The van der Waals surface area contributed by atoms with E-state index in [1.807, 2.05) is 66.7 Å². The Balaban J connectivity index is 1.26. The largest absolute Gasteiger partial charge is 0.309 e. The summed E-state index contributed by atoms with van der Waals surface area (Å²) in [5, 5.41) is 2.39. The van der Waals surface area contributed by atoms with Crippen molar-refractivity contribution >= 4 is 49.7 Å². The Morgan fingerprint density at radius 2 is 0.943 bits per heavy atom. The summed E-state index contributed by atoms with van der Waals surface area (Å²) in [5.74, 6) is 2.43. The molecule has 0 spiro atoms. The Hall–Kier alpha value is -7.38. The smallest absolute Gasteiger partial charge is 0.241 e. The third-order valence-electron chi connectivity index (χ3n) is 10.1. The summed E-state index contributed by atoms with van der Waals surface area (Å²) in [6.07, 6.45) is 0. The Morgan fingerprint density at radius 1 is 0.377 bits per heavy atom. The fraction of sp³-hybridized carbons (Fsp3) is 0. The molecule has 0 radical (unpaired) electrons. The second kappa shape index (κ2) is 11.6. The summed E-state index contributed by atoms with van der Waals surface area (Å²) >= 11 is 0. The first-order chi connectivity index (χ1) is 26.3. The van der Waals surface area contributed by atoms with Gasteiger partial charge in [0.25, 0.3) is 0 Å². The fourth-order valence-corrected chi connectivity index (χ4v) is 7.85. The van der Waals surface area contributed by atoms with Crippen molar-refractivity contribution in [3.63, 3.8) is 0 Å². The molecule has 7 heteroatoms. The van der Waals surface area contributed by atoms with Crippen LogP contribution < -0.4 is 0 Å². The van der Waals surface area contributed by atoms with Crippen LogP contribution in [0.4, 0.5) is 0 Å². The Labute approximate surface area is 303 Å². The fourth-order valence-electron chi connectivity index (χ4n) is 7.85. The molecule has 0 fully saturated rings. The number of fused-ring (bicyclic) bond motifs is 8. The van der Waals surface area contributed by atoms with Gasteiger partial charge in [0, 0.05) is 33.2 Å². The van der Waals surface area contributed by atoms with Crippen LogP contribution in [0.5, 0.6) is 0 Å². The predicted molar refractivity (Wildman–Crippen MR) is 214 cm³/mol. The van der Waals surface area contributed by atoms with E-state index in [2.05, 4.69) is 123 Å². The number of imidazole rings is 2. The van der Waals surface area contributed by atoms with Gasteiger partial charge < -0.3 is 4.57 Å². The molecular weight excluding hydrogens is 651 g/mol. The summed E-state index contributed by atoms with van der Waals surface area (Å²) in [4.78, 5) is 20.5. The summed E-state index contributed by atoms with van der Waals surface area (Å²) < 4.78 is 6.72. The molecule has 4 heterocycles. The van der Waals surface area contributed by atoms with Gasteiger partial charge in [0.2, 0.25) is 11.7 Å². The molecule has 0 saturated carbocycles. The molecule has 0 aliphatic carbocycles. The number of hydrogen-bond acceptors (Lipinski definition) is 4. The van der Waals surface area contributed by atoms with E-state index < -0.39 is 0 Å². The third-order valence-corrected chi connectivity index (χ3v) is 10.1. The van der Waals surface area contributed by atoms with Gasteiger partial charge in [-0.15, -0.1) is 0 Å². The Kier molecular flexibility index (Phi) is 6.42. The van der Waals surface area contributed by atoms with Crippen LogP contribution in [0, 0.1) is 0 Å². The maximum atomic E-state index is 5.25. The molecule has 0 unspecified atom stereocenters. The molecule has 0 aliphatic rings. The van der Waals surface area contributed by atoms with Crippen molar-refractivity contribution in [1.29, 1.82) is 0 Å². The van der Waals surface area contributed by atoms with E-state index in [0.717, 1.165) is 66.8 Å². The van der Waals surface area contributed by atoms with Crippen molar-refractivity contribution in [1.82, 2.24) is 33.5 Å². The van der Waals surface area contributed by atoms with Gasteiger partial charge in [-0.25, -0.2) is 14.5 Å². The first-order valence-corrected chi connectivity index (χ1v) is 17.7. The number of aromatic nitrogens is 7. The molecule has 4 aromatic heterocycles. The molecule has 7 aromatic carbocycles. The van der Waals surface area contributed by atoms with Crippen LogP contribution in [-0.4, -0.2) is 33.5 Å². The zero-order valence-electron chi connectivity index (χ0n) is 28.4. The lowest BCUT2D eigenvalue weighted by Crippen LogP contribution is -2.07. The van der Waals surface area contributed by atoms with Crippen LogP contribution in [-0.2, 0) is 0 Å². The lowest BCUT2D eigenvalue weighted by Gasteiger charge is -2.11. The molecule has 0 atom stereocenters. The van der Waals surface area contributed by atoms with Gasteiger partial charge in [-0.2, -0.15) is 9.97 Å². The number of benzene rings is 7. The molecule has 0 aliphatic heterocycles. The molecule has 0 amide bonds. The highest BCUT2D eigenvalue weighted by Gasteiger charge is 2.25. The van der Waals surface area contributed by atoms with Crippen molar-refractivity contribution in [2.24, 2.45) is 0 Å². The van der Waals surface area contributed by atoms with Gasteiger partial charge in [-0.05, 0) is 48.0 Å². The summed E-state index contributed by atoms with van der Waals surface area (Å²) in [6, 6.07) is 60.9. The van der Waals surface area contributed by atoms with E-state index in [9.17, 15) is 0 Å². The first-order valence-electron chi connectivity index (χ1n) is 17.7. The minimum Gasteiger partial charge on any atom is -0.309 e. The molecule has 248 valence electrons. The van der Waals surface area contributed by atoms with E-state index in [0.29, 0.717) is 17.6 Å². The summed E-state index contributed by atoms with van der Waals surface area (Å²) in [7, 11) is 0. The topological polar surface area (TPSA) is 65.8 Å². The SMILES string of the molecule is c1ccc(-c2nc(-c3ccccc3)nc(-n3c4cccc(-c5cccc6c5c5ccccc5n6-c5ccccc5)c4n4c5ccccc5nc34)n2)cc1. The van der Waals surface area contributed by atoms with Gasteiger partial charge in [0.15, 0.2) is 11.6 Å². The number of para-hydroxylation sites is 5. The summed E-state index contributed by atoms with van der Waals surface area (Å²) in [5.41, 5.74) is 11.4. The van der Waals surface area contributed by atoms with Gasteiger partial charge in [-0.3, -0.25) is 4.40 Å². The molecule has 11 aromatic rings.